The first-order valence-electron chi connectivity index (χ1n) is 28.4. The second-order valence-electron chi connectivity index (χ2n) is 19.9. The molecule has 0 aromatic carbocycles. The first-order chi connectivity index (χ1) is 34.5. The van der Waals surface area contributed by atoms with Gasteiger partial charge in [0.2, 0.25) is 5.91 Å². The van der Waals surface area contributed by atoms with Crippen molar-refractivity contribution in [2.24, 2.45) is 0 Å². The van der Waals surface area contributed by atoms with Crippen LogP contribution >= 0.6 is 7.82 Å². The van der Waals surface area contributed by atoms with Gasteiger partial charge in [0.1, 0.15) is 13.2 Å². The van der Waals surface area contributed by atoms with Crippen molar-refractivity contribution in [2.45, 2.75) is 225 Å². The van der Waals surface area contributed by atoms with Crippen LogP contribution in [-0.4, -0.2) is 68.5 Å². The number of amides is 1. The third-order valence-electron chi connectivity index (χ3n) is 11.9. The van der Waals surface area contributed by atoms with Gasteiger partial charge < -0.3 is 28.8 Å². The van der Waals surface area contributed by atoms with Gasteiger partial charge in [0.25, 0.3) is 7.82 Å². The highest BCUT2D eigenvalue weighted by Gasteiger charge is 2.23. The number of aliphatic hydroxyl groups is 1. The molecule has 71 heavy (non-hydrogen) atoms. The number of nitrogens with one attached hydrogen (secondary N) is 1. The van der Waals surface area contributed by atoms with Crippen LogP contribution in [0.1, 0.15) is 213 Å². The largest absolute Gasteiger partial charge is 0.756 e. The van der Waals surface area contributed by atoms with Crippen LogP contribution in [0.25, 0.3) is 0 Å². The normalized spacial score (nSPS) is 14.9. The number of rotatable bonds is 50. The number of carbonyl (C=O) groups excluding carboxylic acids is 1. The predicted octanol–water partition coefficient (Wildman–Crippen LogP) is 16.7. The second kappa shape index (κ2) is 51.8. The molecule has 3 atom stereocenters. The van der Waals surface area contributed by atoms with Gasteiger partial charge in [-0.05, 0) is 96.3 Å². The van der Waals surface area contributed by atoms with Crippen molar-refractivity contribution in [1.29, 1.82) is 0 Å². The molecule has 0 aliphatic heterocycles. The Bertz CT molecular complexity index is 1560. The quantitative estimate of drug-likeness (QED) is 0.0272. The highest BCUT2D eigenvalue weighted by Crippen LogP contribution is 2.38. The first kappa shape index (κ1) is 67.9. The Morgan fingerprint density at radius 2 is 0.873 bits per heavy atom. The van der Waals surface area contributed by atoms with Gasteiger partial charge in [0.15, 0.2) is 0 Å². The Hall–Kier alpha value is -3.10. The van der Waals surface area contributed by atoms with Crippen LogP contribution in [0.2, 0.25) is 0 Å². The van der Waals surface area contributed by atoms with E-state index in [1.165, 1.54) is 89.9 Å². The molecule has 2 N–H and O–H groups in total. The molecule has 0 aromatic rings. The van der Waals surface area contributed by atoms with Gasteiger partial charge in [-0.2, -0.15) is 0 Å². The van der Waals surface area contributed by atoms with Crippen molar-refractivity contribution in [3.05, 3.63) is 122 Å². The molecule has 0 bridgehead atoms. The molecule has 8 nitrogen and oxygen atoms in total. The fourth-order valence-corrected chi connectivity index (χ4v) is 8.20. The lowest BCUT2D eigenvalue weighted by atomic mass is 10.1. The van der Waals surface area contributed by atoms with E-state index in [1.807, 2.05) is 27.2 Å². The van der Waals surface area contributed by atoms with Crippen LogP contribution < -0.4 is 10.2 Å². The van der Waals surface area contributed by atoms with E-state index in [1.54, 1.807) is 6.08 Å². The van der Waals surface area contributed by atoms with Crippen LogP contribution in [0.3, 0.4) is 0 Å². The molecule has 0 aliphatic carbocycles. The summed E-state index contributed by atoms with van der Waals surface area (Å²) in [5.74, 6) is -0.221. The summed E-state index contributed by atoms with van der Waals surface area (Å²) in [5.41, 5.74) is 0. The molecular formula is C62H107N2O6P. The van der Waals surface area contributed by atoms with E-state index in [2.05, 4.69) is 129 Å². The molecule has 0 saturated carbocycles. The van der Waals surface area contributed by atoms with E-state index in [0.717, 1.165) is 103 Å². The summed E-state index contributed by atoms with van der Waals surface area (Å²) in [5, 5.41) is 13.8. The van der Waals surface area contributed by atoms with Crippen LogP contribution in [-0.2, 0) is 18.4 Å². The molecule has 0 spiro atoms. The van der Waals surface area contributed by atoms with E-state index in [0.29, 0.717) is 17.4 Å². The summed E-state index contributed by atoms with van der Waals surface area (Å²) in [6, 6.07) is -0.916. The summed E-state index contributed by atoms with van der Waals surface area (Å²) >= 11 is 0. The number of hydrogen-bond acceptors (Lipinski definition) is 6. The SMILES string of the molecule is CC/C=C\C/C=C\C/C=C\C/C=C\C/C=C\C/C=C\C/C=C\C/C=C\CCCCCCCCCCC(=O)NC(COP(=O)([O-])OCC[N+](C)(C)C)C(O)/C=C/CC/C=C/CCCCCCCCCCCC. The predicted molar refractivity (Wildman–Crippen MR) is 306 cm³/mol. The third kappa shape index (κ3) is 54.5. The zero-order valence-electron chi connectivity index (χ0n) is 46.1. The molecule has 0 aliphatic rings. The smallest absolute Gasteiger partial charge is 0.268 e. The number of unbranched alkanes of at least 4 members (excludes halogenated alkanes) is 19. The van der Waals surface area contributed by atoms with Crippen molar-refractivity contribution in [2.75, 3.05) is 40.9 Å². The number of phosphoric ester groups is 1. The van der Waals surface area contributed by atoms with E-state index in [9.17, 15) is 19.4 Å². The summed E-state index contributed by atoms with van der Waals surface area (Å²) in [6.07, 6.45) is 77.0. The molecule has 0 saturated heterocycles. The maximum atomic E-state index is 12.9. The molecule has 0 radical (unpaired) electrons. The monoisotopic (exact) mass is 1010 g/mol. The minimum Gasteiger partial charge on any atom is -0.756 e. The molecule has 406 valence electrons. The van der Waals surface area contributed by atoms with Gasteiger partial charge in [-0.3, -0.25) is 9.36 Å². The zero-order chi connectivity index (χ0) is 52.0. The average molecular weight is 1010 g/mol. The van der Waals surface area contributed by atoms with Crippen molar-refractivity contribution in [3.63, 3.8) is 0 Å². The van der Waals surface area contributed by atoms with E-state index in [-0.39, 0.29) is 12.5 Å². The van der Waals surface area contributed by atoms with Gasteiger partial charge in [0, 0.05) is 6.42 Å². The Labute approximate surface area is 437 Å². The van der Waals surface area contributed by atoms with Crippen molar-refractivity contribution < 1.29 is 32.9 Å². The maximum Gasteiger partial charge on any atom is 0.268 e. The van der Waals surface area contributed by atoms with Crippen molar-refractivity contribution >= 4 is 13.7 Å². The highest BCUT2D eigenvalue weighted by atomic mass is 31.2. The van der Waals surface area contributed by atoms with Crippen LogP contribution in [0.5, 0.6) is 0 Å². The summed E-state index contributed by atoms with van der Waals surface area (Å²) in [6.45, 7) is 4.49. The Balaban J connectivity index is 4.25. The molecule has 0 rings (SSSR count). The average Bonchev–Trinajstić information content (AvgIpc) is 3.33. The van der Waals surface area contributed by atoms with Crippen LogP contribution in [0.15, 0.2) is 122 Å². The fourth-order valence-electron chi connectivity index (χ4n) is 7.48. The minimum absolute atomic E-state index is 0.0143. The van der Waals surface area contributed by atoms with E-state index >= 15 is 0 Å². The molecule has 0 aromatic heterocycles. The van der Waals surface area contributed by atoms with Crippen molar-refractivity contribution in [3.8, 4) is 0 Å². The summed E-state index contributed by atoms with van der Waals surface area (Å²) < 4.78 is 23.3. The lowest BCUT2D eigenvalue weighted by Crippen LogP contribution is -2.45. The topological polar surface area (TPSA) is 108 Å². The standard InChI is InChI=1S/C62H107N2O6P/c1-6-8-10-12-14-16-18-20-22-24-25-26-27-28-29-30-31-32-33-34-35-36-37-38-39-40-42-44-46-48-50-52-54-56-62(66)63-60(59-70-71(67,68)69-58-57-64(3,4)5)61(65)55-53-51-49-47-45-43-41-23-21-19-17-15-13-11-9-7-2/h8,10,14,16,20,22,25-26,28-29,31-32,34-35,37-38,45,47,53,55,60-61,65H,6-7,9,11-13,15,17-19,21,23-24,27,30,33,36,39-44,46,48-52,54,56-59H2,1-5H3,(H-,63,66,67,68)/b10-8-,16-14-,22-20-,26-25-,29-28-,32-31-,35-34-,38-37-,47-45+,55-53+. The Morgan fingerprint density at radius 3 is 1.31 bits per heavy atom. The highest BCUT2D eigenvalue weighted by molar-refractivity contribution is 7.45. The van der Waals surface area contributed by atoms with E-state index < -0.39 is 26.6 Å². The Morgan fingerprint density at radius 1 is 0.507 bits per heavy atom. The van der Waals surface area contributed by atoms with Gasteiger partial charge in [-0.25, -0.2) is 0 Å². The van der Waals surface area contributed by atoms with Gasteiger partial charge in [-0.15, -0.1) is 0 Å². The van der Waals surface area contributed by atoms with Crippen molar-refractivity contribution in [1.82, 2.24) is 5.32 Å². The molecule has 9 heteroatoms. The first-order valence-corrected chi connectivity index (χ1v) is 29.9. The third-order valence-corrected chi connectivity index (χ3v) is 12.9. The maximum absolute atomic E-state index is 12.9. The number of phosphoric acid groups is 1. The zero-order valence-corrected chi connectivity index (χ0v) is 47.0. The summed E-state index contributed by atoms with van der Waals surface area (Å²) in [4.78, 5) is 25.5. The number of quaternary nitrogens is 1. The number of allylic oxidation sites excluding steroid dienone is 19. The van der Waals surface area contributed by atoms with Crippen LogP contribution in [0, 0.1) is 0 Å². The lowest BCUT2D eigenvalue weighted by Gasteiger charge is -2.29. The second-order valence-corrected chi connectivity index (χ2v) is 21.3. The minimum atomic E-state index is -4.61. The summed E-state index contributed by atoms with van der Waals surface area (Å²) in [7, 11) is 1.22. The van der Waals surface area contributed by atoms with E-state index in [4.69, 9.17) is 9.05 Å². The van der Waals surface area contributed by atoms with Gasteiger partial charge in [0.05, 0.1) is 39.9 Å². The molecular weight excluding hydrogens is 900 g/mol. The number of aliphatic hydroxyl groups excluding tert-OH is 1. The van der Waals surface area contributed by atoms with Crippen LogP contribution in [0.4, 0.5) is 0 Å². The molecule has 3 unspecified atom stereocenters. The fraction of sp³-hybridized carbons (Fsp3) is 0.661. The molecule has 1 amide bonds. The molecule has 0 fully saturated rings. The Kier molecular flexibility index (Phi) is 49.5. The number of hydrogen-bond donors (Lipinski definition) is 2. The number of likely N-dealkylation sites (N-methyl/N-ethyl adjacent to an activating group) is 1. The van der Waals surface area contributed by atoms with Gasteiger partial charge >= 0.3 is 0 Å². The van der Waals surface area contributed by atoms with Gasteiger partial charge in [-0.1, -0.05) is 232 Å². The number of nitrogens with zero attached hydrogens (tertiary/aromatic N) is 1. The lowest BCUT2D eigenvalue weighted by molar-refractivity contribution is -0.870. The number of carbonyl (C=O) groups is 1. The molecule has 0 heterocycles.